The highest BCUT2D eigenvalue weighted by Gasteiger charge is 2.48. The van der Waals surface area contributed by atoms with Gasteiger partial charge in [-0.15, -0.1) is 0 Å². The monoisotopic (exact) mass is 1250 g/mol. The molecule has 3 unspecified atom stereocenters. The van der Waals surface area contributed by atoms with Crippen LogP contribution in [0.25, 0.3) is 72.3 Å². The van der Waals surface area contributed by atoms with E-state index in [-0.39, 0.29) is 28.9 Å². The molecule has 0 saturated heterocycles. The number of allylic oxidation sites excluding steroid dienone is 12. The fraction of sp³-hybridized carbons (Fsp3) is 0.170. The minimum Gasteiger partial charge on any atom is -0.310 e. The van der Waals surface area contributed by atoms with Gasteiger partial charge in [0.05, 0.1) is 11.4 Å². The maximum Gasteiger partial charge on any atom is 0.252 e. The summed E-state index contributed by atoms with van der Waals surface area (Å²) in [6, 6.07) is 99.0. The van der Waals surface area contributed by atoms with Crippen molar-refractivity contribution in [3.8, 4) is 66.8 Å². The zero-order valence-corrected chi connectivity index (χ0v) is 57.2. The Hall–Kier alpha value is -10.5. The minimum absolute atomic E-state index is 0.0278. The summed E-state index contributed by atoms with van der Waals surface area (Å²) in [6.45, 7) is 21.1. The molecule has 2 nitrogen and oxygen atoms in total. The molecule has 3 heteroatoms. The molecular weight excluding hydrogens is 1170 g/mol. The number of nitrogens with zero attached hydrogens (tertiary/aromatic N) is 2. The Kier molecular flexibility index (Phi) is 14.4. The quantitative estimate of drug-likeness (QED) is 0.133. The van der Waals surface area contributed by atoms with E-state index in [9.17, 15) is 0 Å². The SMILES string of the molecule is CC(C)(C)C1=CC2=C(c3ccc4c(c3)B3c5ccc(-c6ccccc6)cc5N(c5c(-c6ccccc6)cccc5-c5ccccc5)c5cc(-c6ccc(C(C)(C)C)cc6)cc(c53)N4c3c(-c4ccccc4)cccc3-c3ccccc3)C=C3C=C(C(C)(C)C)CC4C=CC(=C1)C2C34. The van der Waals surface area contributed by atoms with Gasteiger partial charge in [-0.2, -0.15) is 0 Å². The van der Waals surface area contributed by atoms with E-state index in [0.29, 0.717) is 11.8 Å². The number of anilines is 6. The van der Waals surface area contributed by atoms with Gasteiger partial charge in [-0.25, -0.2) is 0 Å². The fourth-order valence-corrected chi connectivity index (χ4v) is 16.7. The van der Waals surface area contributed by atoms with E-state index in [1.54, 1.807) is 0 Å². The molecule has 0 fully saturated rings. The number of hydrogen-bond acceptors (Lipinski definition) is 2. The summed E-state index contributed by atoms with van der Waals surface area (Å²) < 4.78 is 0. The van der Waals surface area contributed by atoms with Crippen molar-refractivity contribution in [3.05, 3.63) is 336 Å². The van der Waals surface area contributed by atoms with E-state index < -0.39 is 0 Å². The van der Waals surface area contributed by atoms with Gasteiger partial charge < -0.3 is 9.80 Å². The highest BCUT2D eigenvalue weighted by molar-refractivity contribution is 7.00. The van der Waals surface area contributed by atoms with Gasteiger partial charge in [-0.05, 0) is 153 Å². The lowest BCUT2D eigenvalue weighted by molar-refractivity contribution is 0.328. The molecule has 3 atom stereocenters. The number of hydrogen-bond donors (Lipinski definition) is 0. The summed E-state index contributed by atoms with van der Waals surface area (Å²) in [4.78, 5) is 5.40. The number of rotatable bonds is 9. The van der Waals surface area contributed by atoms with Crippen LogP contribution in [-0.4, -0.2) is 6.71 Å². The van der Waals surface area contributed by atoms with Gasteiger partial charge in [-0.3, -0.25) is 0 Å². The lowest BCUT2D eigenvalue weighted by Crippen LogP contribution is -2.61. The van der Waals surface area contributed by atoms with Crippen LogP contribution in [0.3, 0.4) is 0 Å². The molecule has 4 aliphatic carbocycles. The highest BCUT2D eigenvalue weighted by Crippen LogP contribution is 2.59. The maximum atomic E-state index is 2.71. The molecule has 0 saturated carbocycles. The molecular formula is C94H81BN2. The standard InChI is InChI=1S/C94H81BN2/c1-92(2,3)72-47-43-61(44-48-72)70-57-85-89-86(58-70)97(91-77(64-33-21-13-22-34-64)39-26-40-78(91)65-35-23-14-24-36-65)84-56-66(60-27-15-10-16-28-60)45-49-81(84)95(89)82-55-67(46-50-83(82)96(85)90-75(62-29-17-11-18-30-62)37-25-38-76(90)63-31-19-12-20-32-63)79-54-71-53-73(93(4,5)6)51-68-41-42-69-52-74(94(7,8)9)59-80(79)88(69)87(68)71/h10-50,52-59,68,87-88H,51H2,1-9H3. The largest absolute Gasteiger partial charge is 0.310 e. The van der Waals surface area contributed by atoms with Crippen LogP contribution in [0.15, 0.2) is 325 Å². The van der Waals surface area contributed by atoms with Crippen molar-refractivity contribution in [2.24, 2.45) is 28.6 Å². The summed E-state index contributed by atoms with van der Waals surface area (Å²) in [5, 5.41) is 0. The third-order valence-corrected chi connectivity index (χ3v) is 21.7. The van der Waals surface area contributed by atoms with Crippen LogP contribution in [0, 0.1) is 28.6 Å². The Bertz CT molecular complexity index is 5040. The van der Waals surface area contributed by atoms with Crippen LogP contribution in [0.1, 0.15) is 79.9 Å². The Morgan fingerprint density at radius 2 is 0.825 bits per heavy atom. The second-order valence-corrected chi connectivity index (χ2v) is 30.8. The van der Waals surface area contributed by atoms with Crippen molar-refractivity contribution in [1.29, 1.82) is 0 Å². The fourth-order valence-electron chi connectivity index (χ4n) is 16.7. The summed E-state index contributed by atoms with van der Waals surface area (Å²) >= 11 is 0. The molecule has 0 bridgehead atoms. The average molecular weight is 1250 g/mol. The lowest BCUT2D eigenvalue weighted by atomic mass is 9.33. The van der Waals surface area contributed by atoms with Crippen molar-refractivity contribution < 1.29 is 0 Å². The van der Waals surface area contributed by atoms with Crippen molar-refractivity contribution in [2.45, 2.75) is 74.1 Å². The first-order chi connectivity index (χ1) is 47.0. The van der Waals surface area contributed by atoms with E-state index in [2.05, 4.69) is 369 Å². The first-order valence-corrected chi connectivity index (χ1v) is 35.0. The second-order valence-electron chi connectivity index (χ2n) is 30.8. The molecule has 6 aliphatic rings. The van der Waals surface area contributed by atoms with Crippen LogP contribution in [-0.2, 0) is 5.41 Å². The summed E-state index contributed by atoms with van der Waals surface area (Å²) in [5.74, 6) is 1.06. The van der Waals surface area contributed by atoms with Crippen molar-refractivity contribution in [2.75, 3.05) is 9.80 Å². The molecule has 97 heavy (non-hydrogen) atoms. The zero-order valence-electron chi connectivity index (χ0n) is 57.2. The van der Waals surface area contributed by atoms with Crippen molar-refractivity contribution >= 4 is 62.8 Å². The van der Waals surface area contributed by atoms with Crippen molar-refractivity contribution in [1.82, 2.24) is 0 Å². The van der Waals surface area contributed by atoms with Crippen molar-refractivity contribution in [3.63, 3.8) is 0 Å². The lowest BCUT2D eigenvalue weighted by Gasteiger charge is -2.48. The van der Waals surface area contributed by atoms with E-state index in [4.69, 9.17) is 0 Å². The summed E-state index contributed by atoms with van der Waals surface area (Å²) in [7, 11) is 0. The van der Waals surface area contributed by atoms with Crippen LogP contribution in [0.2, 0.25) is 0 Å². The Labute approximate surface area is 574 Å². The highest BCUT2D eigenvalue weighted by atomic mass is 15.2. The van der Waals surface area contributed by atoms with E-state index in [1.807, 2.05) is 0 Å². The van der Waals surface area contributed by atoms with Crippen LogP contribution in [0.4, 0.5) is 34.1 Å². The molecule has 2 heterocycles. The molecule has 0 radical (unpaired) electrons. The van der Waals surface area contributed by atoms with Crippen LogP contribution in [0.5, 0.6) is 0 Å². The van der Waals surface area contributed by atoms with Gasteiger partial charge in [0.15, 0.2) is 0 Å². The molecule has 0 spiro atoms. The normalized spacial score (nSPS) is 17.5. The number of fused-ring (bicyclic) bond motifs is 4. The predicted octanol–water partition coefficient (Wildman–Crippen LogP) is 23.5. The van der Waals surface area contributed by atoms with E-state index >= 15 is 0 Å². The Morgan fingerprint density at radius 3 is 1.33 bits per heavy atom. The first kappa shape index (κ1) is 60.2. The second kappa shape index (κ2) is 23.1. The average Bonchev–Trinajstić information content (AvgIpc) is 0.508. The summed E-state index contributed by atoms with van der Waals surface area (Å²) in [5.41, 5.74) is 35.8. The smallest absolute Gasteiger partial charge is 0.252 e. The topological polar surface area (TPSA) is 6.48 Å². The van der Waals surface area contributed by atoms with Crippen LogP contribution >= 0.6 is 0 Å². The zero-order chi connectivity index (χ0) is 66.1. The molecule has 11 aromatic rings. The van der Waals surface area contributed by atoms with Gasteiger partial charge in [-0.1, -0.05) is 341 Å². The third kappa shape index (κ3) is 10.3. The first-order valence-electron chi connectivity index (χ1n) is 35.0. The van der Waals surface area contributed by atoms with Gasteiger partial charge in [0.2, 0.25) is 0 Å². The molecule has 0 aromatic heterocycles. The molecule has 470 valence electrons. The van der Waals surface area contributed by atoms with Gasteiger partial charge >= 0.3 is 0 Å². The van der Waals surface area contributed by atoms with Crippen LogP contribution < -0.4 is 26.2 Å². The third-order valence-electron chi connectivity index (χ3n) is 21.7. The van der Waals surface area contributed by atoms with E-state index in [1.165, 1.54) is 94.5 Å². The minimum atomic E-state index is -0.209. The van der Waals surface area contributed by atoms with Gasteiger partial charge in [0.1, 0.15) is 0 Å². The number of benzene rings is 11. The predicted molar refractivity (Wildman–Crippen MR) is 414 cm³/mol. The van der Waals surface area contributed by atoms with Gasteiger partial charge in [0.25, 0.3) is 6.71 Å². The molecule has 2 aliphatic heterocycles. The Morgan fingerprint density at radius 1 is 0.351 bits per heavy atom. The Balaban J connectivity index is 1.03. The summed E-state index contributed by atoms with van der Waals surface area (Å²) in [6.07, 6.45) is 16.6. The van der Waals surface area contributed by atoms with E-state index in [0.717, 1.165) is 73.8 Å². The molecule has 17 rings (SSSR count). The maximum absolute atomic E-state index is 2.71. The molecule has 0 amide bonds. The molecule has 0 N–H and O–H groups in total. The molecule has 11 aromatic carbocycles. The number of para-hydroxylation sites is 2. The van der Waals surface area contributed by atoms with Gasteiger partial charge in [0, 0.05) is 56.8 Å².